The number of hydrogen-bond acceptors (Lipinski definition) is 5. The molecule has 0 aliphatic heterocycles. The molecule has 0 aliphatic rings. The van der Waals surface area contributed by atoms with E-state index in [-0.39, 0.29) is 16.6 Å². The highest BCUT2D eigenvalue weighted by atomic mass is 35.5. The van der Waals surface area contributed by atoms with E-state index in [1.165, 1.54) is 36.7 Å². The summed E-state index contributed by atoms with van der Waals surface area (Å²) in [5.41, 5.74) is 0. The predicted molar refractivity (Wildman–Crippen MR) is 84.7 cm³/mol. The molecule has 1 aromatic heterocycles. The van der Waals surface area contributed by atoms with E-state index >= 15 is 0 Å². The average molecular weight is 342 g/mol. The van der Waals surface area contributed by atoms with Gasteiger partial charge < -0.3 is 4.74 Å². The lowest BCUT2D eigenvalue weighted by atomic mass is 10.4. The Morgan fingerprint density at radius 3 is 2.55 bits per heavy atom. The molecule has 118 valence electrons. The highest BCUT2D eigenvalue weighted by molar-refractivity contribution is 7.92. The van der Waals surface area contributed by atoms with Crippen LogP contribution < -0.4 is 9.46 Å². The van der Waals surface area contributed by atoms with Gasteiger partial charge >= 0.3 is 0 Å². The molecule has 0 spiro atoms. The molecule has 1 heterocycles. The Hall–Kier alpha value is -1.86. The van der Waals surface area contributed by atoms with Crippen LogP contribution in [0.1, 0.15) is 19.8 Å². The van der Waals surface area contributed by atoms with Crippen LogP contribution in [-0.2, 0) is 10.0 Å². The number of nitrogens with one attached hydrogen (secondary N) is 1. The number of nitrogens with zero attached hydrogens (tertiary/aromatic N) is 2. The van der Waals surface area contributed by atoms with Gasteiger partial charge in [-0.1, -0.05) is 24.9 Å². The second-order valence-electron chi connectivity index (χ2n) is 4.47. The second-order valence-corrected chi connectivity index (χ2v) is 6.59. The van der Waals surface area contributed by atoms with Crippen LogP contribution in [0.5, 0.6) is 5.88 Å². The average Bonchev–Trinajstić information content (AvgIpc) is 2.49. The molecule has 0 radical (unpaired) electrons. The molecular weight excluding hydrogens is 326 g/mol. The monoisotopic (exact) mass is 341 g/mol. The smallest absolute Gasteiger partial charge is 0.263 e. The van der Waals surface area contributed by atoms with Crippen LogP contribution in [0.25, 0.3) is 0 Å². The number of aromatic nitrogens is 2. The van der Waals surface area contributed by atoms with Crippen LogP contribution in [0.15, 0.2) is 41.6 Å². The van der Waals surface area contributed by atoms with Gasteiger partial charge in [-0.05, 0) is 30.7 Å². The van der Waals surface area contributed by atoms with Crippen molar-refractivity contribution in [2.75, 3.05) is 11.3 Å². The molecular formula is C14H16ClN3O3S. The third kappa shape index (κ3) is 4.32. The van der Waals surface area contributed by atoms with Gasteiger partial charge in [-0.25, -0.2) is 18.4 Å². The third-order valence-electron chi connectivity index (χ3n) is 2.76. The Morgan fingerprint density at radius 2 is 1.86 bits per heavy atom. The zero-order chi connectivity index (χ0) is 16.0. The van der Waals surface area contributed by atoms with Crippen molar-refractivity contribution in [3.8, 4) is 5.88 Å². The minimum Gasteiger partial charge on any atom is -0.475 e. The molecule has 0 unspecified atom stereocenters. The highest BCUT2D eigenvalue weighted by Gasteiger charge is 2.18. The molecule has 2 rings (SSSR count). The summed E-state index contributed by atoms with van der Waals surface area (Å²) in [6.07, 6.45) is 4.65. The maximum atomic E-state index is 12.3. The van der Waals surface area contributed by atoms with Crippen molar-refractivity contribution < 1.29 is 13.2 Å². The maximum Gasteiger partial charge on any atom is 0.263 e. The summed E-state index contributed by atoms with van der Waals surface area (Å²) >= 11 is 5.76. The summed E-state index contributed by atoms with van der Waals surface area (Å²) in [7, 11) is -3.77. The molecule has 8 heteroatoms. The van der Waals surface area contributed by atoms with Gasteiger partial charge in [0.2, 0.25) is 5.82 Å². The Balaban J connectivity index is 2.20. The molecule has 0 atom stereocenters. The minimum absolute atomic E-state index is 0.0635. The number of halogens is 1. The van der Waals surface area contributed by atoms with Gasteiger partial charge in [0, 0.05) is 17.4 Å². The number of sulfonamides is 1. The zero-order valence-corrected chi connectivity index (χ0v) is 13.6. The quantitative estimate of drug-likeness (QED) is 0.782. The van der Waals surface area contributed by atoms with Gasteiger partial charge in [0.05, 0.1) is 11.5 Å². The van der Waals surface area contributed by atoms with Crippen LogP contribution in [-0.4, -0.2) is 25.0 Å². The van der Waals surface area contributed by atoms with Gasteiger partial charge in [0.15, 0.2) is 0 Å². The fourth-order valence-corrected chi connectivity index (χ4v) is 2.75. The molecule has 0 fully saturated rings. The second kappa shape index (κ2) is 7.42. The van der Waals surface area contributed by atoms with E-state index in [0.29, 0.717) is 11.6 Å². The zero-order valence-electron chi connectivity index (χ0n) is 12.0. The Morgan fingerprint density at radius 1 is 1.18 bits per heavy atom. The first kappa shape index (κ1) is 16.5. The Labute approximate surface area is 134 Å². The number of rotatable bonds is 7. The number of anilines is 1. The van der Waals surface area contributed by atoms with Crippen molar-refractivity contribution in [3.63, 3.8) is 0 Å². The van der Waals surface area contributed by atoms with Gasteiger partial charge in [-0.3, -0.25) is 4.72 Å². The highest BCUT2D eigenvalue weighted by Crippen LogP contribution is 2.22. The van der Waals surface area contributed by atoms with Crippen LogP contribution in [0.4, 0.5) is 5.82 Å². The van der Waals surface area contributed by atoms with Crippen LogP contribution in [0.3, 0.4) is 0 Å². The van der Waals surface area contributed by atoms with Gasteiger partial charge in [-0.15, -0.1) is 0 Å². The van der Waals surface area contributed by atoms with Gasteiger partial charge in [0.1, 0.15) is 0 Å². The first-order valence-corrected chi connectivity index (χ1v) is 8.61. The molecule has 1 N–H and O–H groups in total. The summed E-state index contributed by atoms with van der Waals surface area (Å²) in [5, 5.41) is 0.460. The van der Waals surface area contributed by atoms with E-state index in [0.717, 1.165) is 12.8 Å². The number of hydrogen-bond donors (Lipinski definition) is 1. The number of unbranched alkanes of at least 4 members (excludes halogenated alkanes) is 1. The van der Waals surface area contributed by atoms with Gasteiger partial charge in [0.25, 0.3) is 15.9 Å². The van der Waals surface area contributed by atoms with Crippen molar-refractivity contribution in [2.45, 2.75) is 24.7 Å². The van der Waals surface area contributed by atoms with Crippen molar-refractivity contribution in [1.82, 2.24) is 9.97 Å². The van der Waals surface area contributed by atoms with Crippen LogP contribution >= 0.6 is 11.6 Å². The number of ether oxygens (including phenoxy) is 1. The first-order valence-electron chi connectivity index (χ1n) is 6.75. The van der Waals surface area contributed by atoms with E-state index in [4.69, 9.17) is 16.3 Å². The Kier molecular flexibility index (Phi) is 5.57. The molecule has 0 saturated carbocycles. The van der Waals surface area contributed by atoms with Crippen LogP contribution in [0.2, 0.25) is 5.02 Å². The third-order valence-corrected chi connectivity index (χ3v) is 4.36. The minimum atomic E-state index is -3.77. The van der Waals surface area contributed by atoms with Crippen molar-refractivity contribution in [3.05, 3.63) is 41.7 Å². The van der Waals surface area contributed by atoms with Crippen molar-refractivity contribution >= 4 is 27.4 Å². The lowest BCUT2D eigenvalue weighted by Gasteiger charge is -2.11. The molecule has 0 saturated heterocycles. The molecule has 2 aromatic rings. The van der Waals surface area contributed by atoms with Gasteiger partial charge in [-0.2, -0.15) is 0 Å². The summed E-state index contributed by atoms with van der Waals surface area (Å²) in [6.45, 7) is 2.48. The maximum absolute atomic E-state index is 12.3. The predicted octanol–water partition coefficient (Wildman–Crippen LogP) is 3.11. The summed E-state index contributed by atoms with van der Waals surface area (Å²) in [4.78, 5) is 8.08. The van der Waals surface area contributed by atoms with E-state index in [1.807, 2.05) is 6.92 Å². The molecule has 0 aliphatic carbocycles. The fourth-order valence-electron chi connectivity index (χ4n) is 1.61. The van der Waals surface area contributed by atoms with E-state index < -0.39 is 10.0 Å². The standard InChI is InChI=1S/C14H16ClN3O3S/c1-2-3-10-21-14-13(16-8-9-17-14)18-22(19,20)12-6-4-11(15)5-7-12/h4-9H,2-3,10H2,1H3,(H,16,18). The van der Waals surface area contributed by atoms with Crippen molar-refractivity contribution in [2.24, 2.45) is 0 Å². The summed E-state index contributed by atoms with van der Waals surface area (Å²) in [6, 6.07) is 5.84. The van der Waals surface area contributed by atoms with E-state index in [2.05, 4.69) is 14.7 Å². The molecule has 1 aromatic carbocycles. The first-order chi connectivity index (χ1) is 10.5. The Bertz CT molecular complexity index is 720. The topological polar surface area (TPSA) is 81.2 Å². The molecule has 0 amide bonds. The normalized spacial score (nSPS) is 11.2. The fraction of sp³-hybridized carbons (Fsp3) is 0.286. The lowest BCUT2D eigenvalue weighted by molar-refractivity contribution is 0.298. The molecule has 22 heavy (non-hydrogen) atoms. The van der Waals surface area contributed by atoms with E-state index in [1.54, 1.807) is 0 Å². The molecule has 6 nitrogen and oxygen atoms in total. The number of benzene rings is 1. The molecule has 0 bridgehead atoms. The summed E-state index contributed by atoms with van der Waals surface area (Å²) in [5.74, 6) is 0.224. The lowest BCUT2D eigenvalue weighted by Crippen LogP contribution is -2.15. The van der Waals surface area contributed by atoms with Crippen LogP contribution in [0, 0.1) is 0 Å². The largest absolute Gasteiger partial charge is 0.475 e. The summed E-state index contributed by atoms with van der Waals surface area (Å²) < 4.78 is 32.5. The SMILES string of the molecule is CCCCOc1nccnc1NS(=O)(=O)c1ccc(Cl)cc1. The van der Waals surface area contributed by atoms with Crippen molar-refractivity contribution in [1.29, 1.82) is 0 Å². The van der Waals surface area contributed by atoms with E-state index in [9.17, 15) is 8.42 Å².